The van der Waals surface area contributed by atoms with Crippen molar-refractivity contribution in [3.05, 3.63) is 35.7 Å². The molecule has 2 aliphatic carbocycles. The zero-order valence-electron chi connectivity index (χ0n) is 19.4. The summed E-state index contributed by atoms with van der Waals surface area (Å²) in [6.45, 7) is 8.77. The lowest BCUT2D eigenvalue weighted by Crippen LogP contribution is -2.41. The van der Waals surface area contributed by atoms with Crippen molar-refractivity contribution < 1.29 is 13.2 Å². The predicted octanol–water partition coefficient (Wildman–Crippen LogP) is 5.65. The molecular formula is C25H31F3N4S. The van der Waals surface area contributed by atoms with E-state index in [1.165, 1.54) is 49.9 Å². The number of likely N-dealkylation sites (tertiary alicyclic amines) is 1. The van der Waals surface area contributed by atoms with E-state index in [2.05, 4.69) is 37.4 Å². The number of halogens is 3. The van der Waals surface area contributed by atoms with Crippen molar-refractivity contribution in [2.75, 3.05) is 24.6 Å². The number of fused-ring (bicyclic) bond motifs is 1. The number of nitrogens with zero attached hydrogens (tertiary/aromatic N) is 4. The van der Waals surface area contributed by atoms with E-state index < -0.39 is 11.7 Å². The van der Waals surface area contributed by atoms with E-state index in [-0.39, 0.29) is 5.54 Å². The zero-order chi connectivity index (χ0) is 23.2. The summed E-state index contributed by atoms with van der Waals surface area (Å²) >= 11 is 2.08. The second kappa shape index (κ2) is 7.23. The van der Waals surface area contributed by atoms with Gasteiger partial charge in [-0.15, -0.1) is 0 Å². The van der Waals surface area contributed by atoms with Crippen LogP contribution in [0.15, 0.2) is 24.3 Å². The zero-order valence-corrected chi connectivity index (χ0v) is 20.2. The molecule has 0 amide bonds. The molecule has 4 aliphatic rings. The van der Waals surface area contributed by atoms with E-state index >= 15 is 0 Å². The molecule has 3 heterocycles. The largest absolute Gasteiger partial charge is 0.416 e. The molecule has 2 aliphatic heterocycles. The molecule has 4 fully saturated rings. The molecule has 1 aromatic heterocycles. The molecule has 1 aromatic carbocycles. The molecule has 2 unspecified atom stereocenters. The highest BCUT2D eigenvalue weighted by atomic mass is 32.2. The normalized spacial score (nSPS) is 31.1. The molecule has 6 rings (SSSR count). The van der Waals surface area contributed by atoms with Crippen LogP contribution in [0.3, 0.4) is 0 Å². The molecule has 2 saturated heterocycles. The summed E-state index contributed by atoms with van der Waals surface area (Å²) < 4.78 is 41.7. The standard InChI is InChI=1S/C25H31F3N4S/c1-23(2,3)32-22(29-21(30-32)15-5-4-6-16(9-15)25(26,27)28)20-18-10-17(11-19(18)20)31-8-7-24(12-31)13-33-14-24/h4-6,9,17-20H,7-8,10-14H2,1-3H3. The number of benzene rings is 1. The molecule has 2 aromatic rings. The van der Waals surface area contributed by atoms with Crippen molar-refractivity contribution >= 4 is 11.8 Å². The molecule has 0 radical (unpaired) electrons. The highest BCUT2D eigenvalue weighted by Gasteiger charge is 2.60. The lowest BCUT2D eigenvalue weighted by molar-refractivity contribution is -0.137. The Labute approximate surface area is 197 Å². The quantitative estimate of drug-likeness (QED) is 0.573. The fourth-order valence-corrected chi connectivity index (χ4v) is 7.64. The van der Waals surface area contributed by atoms with E-state index in [1.54, 1.807) is 6.07 Å². The third kappa shape index (κ3) is 3.72. The van der Waals surface area contributed by atoms with Gasteiger partial charge < -0.3 is 0 Å². The van der Waals surface area contributed by atoms with Crippen LogP contribution < -0.4 is 0 Å². The van der Waals surface area contributed by atoms with Gasteiger partial charge in [-0.3, -0.25) is 4.90 Å². The van der Waals surface area contributed by atoms with E-state index in [4.69, 9.17) is 10.1 Å². The van der Waals surface area contributed by atoms with Crippen molar-refractivity contribution in [2.45, 2.75) is 63.7 Å². The van der Waals surface area contributed by atoms with Crippen LogP contribution in [-0.4, -0.2) is 50.3 Å². The van der Waals surface area contributed by atoms with Gasteiger partial charge in [0.05, 0.1) is 11.1 Å². The molecule has 33 heavy (non-hydrogen) atoms. The van der Waals surface area contributed by atoms with Crippen LogP contribution >= 0.6 is 11.8 Å². The smallest absolute Gasteiger partial charge is 0.300 e. The number of aromatic nitrogens is 3. The SMILES string of the molecule is CC(C)(C)n1nc(-c2cccc(C(F)(F)F)c2)nc1C1C2CC(N3CCC4(CSC4)C3)CC21. The Balaban J connectivity index is 1.23. The topological polar surface area (TPSA) is 34.0 Å². The Hall–Kier alpha value is -1.54. The van der Waals surface area contributed by atoms with Gasteiger partial charge in [0.2, 0.25) is 0 Å². The van der Waals surface area contributed by atoms with Crippen LogP contribution in [-0.2, 0) is 11.7 Å². The fraction of sp³-hybridized carbons (Fsp3) is 0.680. The van der Waals surface area contributed by atoms with Gasteiger partial charge in [-0.05, 0) is 70.5 Å². The van der Waals surface area contributed by atoms with Gasteiger partial charge >= 0.3 is 6.18 Å². The van der Waals surface area contributed by atoms with Crippen LogP contribution in [0, 0.1) is 17.3 Å². The van der Waals surface area contributed by atoms with Gasteiger partial charge in [-0.2, -0.15) is 30.0 Å². The number of thioether (sulfide) groups is 1. The summed E-state index contributed by atoms with van der Waals surface area (Å²) in [5.74, 6) is 5.65. The molecule has 8 heteroatoms. The summed E-state index contributed by atoms with van der Waals surface area (Å²) in [5, 5.41) is 4.72. The minimum absolute atomic E-state index is 0.276. The third-order valence-corrected chi connectivity index (χ3v) is 9.87. The number of hydrogen-bond acceptors (Lipinski definition) is 4. The molecule has 2 saturated carbocycles. The van der Waals surface area contributed by atoms with Crippen LogP contribution in [0.1, 0.15) is 57.3 Å². The fourth-order valence-electron chi connectivity index (χ4n) is 6.39. The van der Waals surface area contributed by atoms with Crippen molar-refractivity contribution in [2.24, 2.45) is 17.3 Å². The first kappa shape index (κ1) is 22.0. The lowest BCUT2D eigenvalue weighted by atomic mass is 9.91. The Morgan fingerprint density at radius 2 is 1.82 bits per heavy atom. The molecule has 4 nitrogen and oxygen atoms in total. The average Bonchev–Trinajstić information content (AvgIpc) is 3.20. The molecular weight excluding hydrogens is 445 g/mol. The number of alkyl halides is 3. The van der Waals surface area contributed by atoms with Crippen LogP contribution in [0.2, 0.25) is 0 Å². The molecule has 2 atom stereocenters. The Kier molecular flexibility index (Phi) is 4.81. The van der Waals surface area contributed by atoms with E-state index in [0.29, 0.717) is 40.6 Å². The van der Waals surface area contributed by atoms with E-state index in [1.807, 2.05) is 4.68 Å². The molecule has 178 valence electrons. The summed E-state index contributed by atoms with van der Waals surface area (Å²) in [7, 11) is 0. The maximum Gasteiger partial charge on any atom is 0.416 e. The van der Waals surface area contributed by atoms with Gasteiger partial charge in [0.15, 0.2) is 5.82 Å². The third-order valence-electron chi connectivity index (χ3n) is 8.23. The second-order valence-corrected chi connectivity index (χ2v) is 12.6. The molecule has 0 N–H and O–H groups in total. The predicted molar refractivity (Wildman–Crippen MR) is 124 cm³/mol. The molecule has 1 spiro atoms. The average molecular weight is 477 g/mol. The van der Waals surface area contributed by atoms with Gasteiger partial charge in [-0.1, -0.05) is 12.1 Å². The lowest BCUT2D eigenvalue weighted by Gasteiger charge is -2.38. The Bertz CT molecular complexity index is 1060. The van der Waals surface area contributed by atoms with Crippen molar-refractivity contribution in [3.63, 3.8) is 0 Å². The van der Waals surface area contributed by atoms with E-state index in [0.717, 1.165) is 18.0 Å². The summed E-state index contributed by atoms with van der Waals surface area (Å²) in [6, 6.07) is 6.07. The van der Waals surface area contributed by atoms with Gasteiger partial charge in [0, 0.05) is 41.0 Å². The first-order chi connectivity index (χ1) is 15.5. The Morgan fingerprint density at radius 1 is 1.09 bits per heavy atom. The minimum Gasteiger partial charge on any atom is -0.300 e. The van der Waals surface area contributed by atoms with Crippen LogP contribution in [0.25, 0.3) is 11.4 Å². The summed E-state index contributed by atoms with van der Waals surface area (Å²) in [5.41, 5.74) is 0.0942. The Morgan fingerprint density at radius 3 is 2.39 bits per heavy atom. The van der Waals surface area contributed by atoms with Crippen LogP contribution in [0.4, 0.5) is 13.2 Å². The maximum atomic E-state index is 13.2. The first-order valence-electron chi connectivity index (χ1n) is 12.0. The number of rotatable bonds is 3. The van der Waals surface area contributed by atoms with Crippen molar-refractivity contribution in [1.82, 2.24) is 19.7 Å². The van der Waals surface area contributed by atoms with Gasteiger partial charge in [0.1, 0.15) is 5.82 Å². The highest BCUT2D eigenvalue weighted by Crippen LogP contribution is 2.64. The monoisotopic (exact) mass is 476 g/mol. The van der Waals surface area contributed by atoms with Gasteiger partial charge in [0.25, 0.3) is 0 Å². The maximum absolute atomic E-state index is 13.2. The number of hydrogen-bond donors (Lipinski definition) is 0. The first-order valence-corrected chi connectivity index (χ1v) is 13.2. The second-order valence-electron chi connectivity index (χ2n) is 11.6. The van der Waals surface area contributed by atoms with Crippen molar-refractivity contribution in [3.8, 4) is 11.4 Å². The van der Waals surface area contributed by atoms with Gasteiger partial charge in [-0.25, -0.2) is 9.67 Å². The minimum atomic E-state index is -4.37. The van der Waals surface area contributed by atoms with Crippen molar-refractivity contribution in [1.29, 1.82) is 0 Å². The van der Waals surface area contributed by atoms with Crippen LogP contribution in [0.5, 0.6) is 0 Å². The summed E-state index contributed by atoms with van der Waals surface area (Å²) in [6.07, 6.45) is -0.586. The van der Waals surface area contributed by atoms with E-state index in [9.17, 15) is 13.2 Å². The highest BCUT2D eigenvalue weighted by molar-refractivity contribution is 8.00. The molecule has 0 bridgehead atoms. The summed E-state index contributed by atoms with van der Waals surface area (Å²) in [4.78, 5) is 7.59.